The normalized spacial score (nSPS) is 18.3. The third-order valence-electron chi connectivity index (χ3n) is 4.51. The second-order valence-electron chi connectivity index (χ2n) is 5.86. The second kappa shape index (κ2) is 7.98. The van der Waals surface area contributed by atoms with E-state index < -0.39 is 5.67 Å². The van der Waals surface area contributed by atoms with Crippen LogP contribution in [0.4, 0.5) is 4.39 Å². The minimum absolute atomic E-state index is 0.118. The number of rotatable bonds is 5. The Labute approximate surface area is 126 Å². The van der Waals surface area contributed by atoms with E-state index in [2.05, 4.69) is 11.8 Å². The number of halogens is 1. The van der Waals surface area contributed by atoms with Crippen molar-refractivity contribution < 1.29 is 9.18 Å². The molecule has 0 saturated heterocycles. The lowest BCUT2D eigenvalue weighted by molar-refractivity contribution is -0.103. The molecule has 1 aromatic carbocycles. The molecule has 0 bridgehead atoms. The number of alkyl halides is 1. The smallest absolute Gasteiger partial charge is 0.192 e. The summed E-state index contributed by atoms with van der Waals surface area (Å²) in [6.07, 6.45) is 7.83. The Morgan fingerprint density at radius 1 is 1.19 bits per heavy atom. The number of carbonyl (C=O) groups excluding carboxylic acids is 1. The summed E-state index contributed by atoms with van der Waals surface area (Å²) >= 11 is 0. The van der Waals surface area contributed by atoms with E-state index in [1.165, 1.54) is 6.42 Å². The van der Waals surface area contributed by atoms with Crippen LogP contribution >= 0.6 is 0 Å². The van der Waals surface area contributed by atoms with Crippen LogP contribution in [0.5, 0.6) is 0 Å². The van der Waals surface area contributed by atoms with Gasteiger partial charge in [0.25, 0.3) is 0 Å². The molecular weight excluding hydrogens is 263 g/mol. The first-order chi connectivity index (χ1) is 10.3. The molecule has 2 rings (SSSR count). The summed E-state index contributed by atoms with van der Waals surface area (Å²) < 4.78 is 15.8. The maximum atomic E-state index is 15.8. The van der Waals surface area contributed by atoms with E-state index in [0.717, 1.165) is 31.2 Å². The van der Waals surface area contributed by atoms with Gasteiger partial charge in [0.15, 0.2) is 6.29 Å². The maximum Gasteiger partial charge on any atom is 0.192 e. The van der Waals surface area contributed by atoms with E-state index >= 15 is 4.39 Å². The first-order valence-electron chi connectivity index (χ1n) is 7.94. The van der Waals surface area contributed by atoms with Gasteiger partial charge in [0.1, 0.15) is 5.67 Å². The largest absolute Gasteiger partial charge is 0.289 e. The Balaban J connectivity index is 2.11. The van der Waals surface area contributed by atoms with Gasteiger partial charge in [0, 0.05) is 6.42 Å². The molecule has 21 heavy (non-hydrogen) atoms. The minimum atomic E-state index is -1.25. The zero-order valence-corrected chi connectivity index (χ0v) is 12.5. The van der Waals surface area contributed by atoms with E-state index in [1.54, 1.807) is 0 Å². The Bertz CT molecular complexity index is 493. The highest BCUT2D eigenvalue weighted by Gasteiger charge is 2.40. The molecular formula is C19H23FO. The monoisotopic (exact) mass is 286 g/mol. The molecule has 112 valence electrons. The fraction of sp³-hybridized carbons (Fsp3) is 0.526. The zero-order chi connectivity index (χ0) is 15.0. The number of benzene rings is 1. The lowest BCUT2D eigenvalue weighted by Crippen LogP contribution is -2.32. The van der Waals surface area contributed by atoms with Gasteiger partial charge in [0.2, 0.25) is 0 Å². The van der Waals surface area contributed by atoms with Gasteiger partial charge in [0.05, 0.1) is 0 Å². The molecule has 1 fully saturated rings. The van der Waals surface area contributed by atoms with Gasteiger partial charge in [-0.1, -0.05) is 55.5 Å². The molecule has 1 unspecified atom stereocenters. The lowest BCUT2D eigenvalue weighted by atomic mass is 9.72. The number of carbonyl (C=O) groups is 1. The molecule has 2 heteroatoms. The molecule has 0 spiro atoms. The highest BCUT2D eigenvalue weighted by molar-refractivity contribution is 5.72. The van der Waals surface area contributed by atoms with Crippen LogP contribution in [0.25, 0.3) is 0 Å². The summed E-state index contributed by atoms with van der Waals surface area (Å²) in [5, 5.41) is 0. The first kappa shape index (κ1) is 15.8. The van der Waals surface area contributed by atoms with Gasteiger partial charge < -0.3 is 0 Å². The molecule has 0 N–H and O–H groups in total. The SMILES string of the molecule is O=CC#CCCCC(F)(c1ccccc1)C1CCCCC1. The number of unbranched alkanes of at least 4 members (excludes halogenated alkanes) is 1. The van der Waals surface area contributed by atoms with Crippen LogP contribution in [0, 0.1) is 17.8 Å². The van der Waals surface area contributed by atoms with E-state index in [9.17, 15) is 4.79 Å². The fourth-order valence-corrected chi connectivity index (χ4v) is 3.41. The first-order valence-corrected chi connectivity index (χ1v) is 7.94. The second-order valence-corrected chi connectivity index (χ2v) is 5.86. The quantitative estimate of drug-likeness (QED) is 0.431. The minimum Gasteiger partial charge on any atom is -0.289 e. The van der Waals surface area contributed by atoms with Crippen molar-refractivity contribution in [1.29, 1.82) is 0 Å². The third-order valence-corrected chi connectivity index (χ3v) is 4.51. The molecule has 1 atom stereocenters. The predicted molar refractivity (Wildman–Crippen MR) is 83.5 cm³/mol. The highest BCUT2D eigenvalue weighted by atomic mass is 19.1. The summed E-state index contributed by atoms with van der Waals surface area (Å²) in [5.74, 6) is 5.30. The molecule has 0 aromatic heterocycles. The molecule has 0 radical (unpaired) electrons. The topological polar surface area (TPSA) is 17.1 Å². The van der Waals surface area contributed by atoms with Crippen molar-refractivity contribution in [3.05, 3.63) is 35.9 Å². The van der Waals surface area contributed by atoms with E-state index in [0.29, 0.717) is 25.5 Å². The van der Waals surface area contributed by atoms with E-state index in [1.807, 2.05) is 30.3 Å². The summed E-state index contributed by atoms with van der Waals surface area (Å²) in [5.41, 5.74) is -0.440. The Morgan fingerprint density at radius 2 is 1.90 bits per heavy atom. The molecule has 1 saturated carbocycles. The van der Waals surface area contributed by atoms with Crippen LogP contribution in [0.2, 0.25) is 0 Å². The fourth-order valence-electron chi connectivity index (χ4n) is 3.41. The van der Waals surface area contributed by atoms with Crippen molar-refractivity contribution in [2.75, 3.05) is 0 Å². The zero-order valence-electron chi connectivity index (χ0n) is 12.5. The van der Waals surface area contributed by atoms with Gasteiger partial charge in [-0.05, 0) is 43.1 Å². The van der Waals surface area contributed by atoms with Gasteiger partial charge in [-0.3, -0.25) is 4.79 Å². The Morgan fingerprint density at radius 3 is 2.57 bits per heavy atom. The molecule has 1 aromatic rings. The molecule has 0 aliphatic heterocycles. The van der Waals surface area contributed by atoms with Crippen molar-refractivity contribution >= 4 is 6.29 Å². The Kier molecular flexibility index (Phi) is 5.99. The maximum absolute atomic E-state index is 15.8. The molecule has 1 nitrogen and oxygen atoms in total. The van der Waals surface area contributed by atoms with E-state index in [4.69, 9.17) is 0 Å². The molecule has 1 aliphatic carbocycles. The number of hydrogen-bond acceptors (Lipinski definition) is 1. The van der Waals surface area contributed by atoms with Crippen LogP contribution in [0.3, 0.4) is 0 Å². The van der Waals surface area contributed by atoms with Gasteiger partial charge >= 0.3 is 0 Å². The van der Waals surface area contributed by atoms with E-state index in [-0.39, 0.29) is 5.92 Å². The van der Waals surface area contributed by atoms with Crippen molar-refractivity contribution in [3.8, 4) is 11.8 Å². The summed E-state index contributed by atoms with van der Waals surface area (Å²) in [6, 6.07) is 9.58. The van der Waals surface area contributed by atoms with Crippen molar-refractivity contribution in [1.82, 2.24) is 0 Å². The van der Waals surface area contributed by atoms with Crippen LogP contribution in [-0.2, 0) is 10.5 Å². The summed E-state index contributed by atoms with van der Waals surface area (Å²) in [4.78, 5) is 10.2. The average molecular weight is 286 g/mol. The molecule has 0 heterocycles. The van der Waals surface area contributed by atoms with Crippen molar-refractivity contribution in [2.45, 2.75) is 57.0 Å². The molecule has 0 amide bonds. The van der Waals surface area contributed by atoms with Gasteiger partial charge in [-0.25, -0.2) is 4.39 Å². The molecule has 1 aliphatic rings. The summed E-state index contributed by atoms with van der Waals surface area (Å²) in [7, 11) is 0. The van der Waals surface area contributed by atoms with Crippen LogP contribution in [0.15, 0.2) is 30.3 Å². The standard InChI is InChI=1S/C19H23FO/c20-19(15-9-1-2-10-16-21,17-11-5-3-6-12-17)18-13-7-4-8-14-18/h3,5-6,11-12,16,18H,1,4,7-9,13-15H2. The van der Waals surface area contributed by atoms with Gasteiger partial charge in [-0.2, -0.15) is 0 Å². The Hall–Kier alpha value is -1.62. The lowest BCUT2D eigenvalue weighted by Gasteiger charge is -2.37. The van der Waals surface area contributed by atoms with Crippen LogP contribution in [0.1, 0.15) is 56.9 Å². The van der Waals surface area contributed by atoms with Crippen molar-refractivity contribution in [3.63, 3.8) is 0 Å². The third kappa shape index (κ3) is 4.17. The van der Waals surface area contributed by atoms with Crippen LogP contribution < -0.4 is 0 Å². The number of aldehydes is 1. The summed E-state index contributed by atoms with van der Waals surface area (Å²) in [6.45, 7) is 0. The predicted octanol–water partition coefficient (Wildman–Crippen LogP) is 4.80. The highest BCUT2D eigenvalue weighted by Crippen LogP contribution is 2.45. The number of hydrogen-bond donors (Lipinski definition) is 0. The van der Waals surface area contributed by atoms with Crippen molar-refractivity contribution in [2.24, 2.45) is 5.92 Å². The average Bonchev–Trinajstić information content (AvgIpc) is 2.56. The van der Waals surface area contributed by atoms with Crippen LogP contribution in [-0.4, -0.2) is 6.29 Å². The van der Waals surface area contributed by atoms with Gasteiger partial charge in [-0.15, -0.1) is 0 Å².